The molecule has 1 heterocycles. The normalized spacial score (nSPS) is 12.9. The first-order valence-electron chi connectivity index (χ1n) is 10.1. The zero-order chi connectivity index (χ0) is 22.2. The van der Waals surface area contributed by atoms with Crippen LogP contribution in [0.5, 0.6) is 11.5 Å². The fraction of sp³-hybridized carbons (Fsp3) is 0.348. The van der Waals surface area contributed by atoms with E-state index in [0.717, 1.165) is 25.9 Å². The van der Waals surface area contributed by atoms with E-state index in [1.165, 1.54) is 7.11 Å². The summed E-state index contributed by atoms with van der Waals surface area (Å²) < 4.78 is 10.9. The number of benzene rings is 2. The SMILES string of the molecule is COc1cc(C#N)ccc1OCCCC(=O)Nc1cc(Cl)ccc1C(=O)N1CCCC1. The molecule has 0 spiro atoms. The van der Waals surface area contributed by atoms with Crippen LogP contribution < -0.4 is 14.8 Å². The van der Waals surface area contributed by atoms with Crippen molar-refractivity contribution in [3.05, 3.63) is 52.5 Å². The topological polar surface area (TPSA) is 91.7 Å². The Labute approximate surface area is 186 Å². The first kappa shape index (κ1) is 22.4. The molecule has 0 aromatic heterocycles. The largest absolute Gasteiger partial charge is 0.493 e. The highest BCUT2D eigenvalue weighted by atomic mass is 35.5. The van der Waals surface area contributed by atoms with Crippen LogP contribution in [0.25, 0.3) is 0 Å². The number of hydrogen-bond acceptors (Lipinski definition) is 5. The van der Waals surface area contributed by atoms with E-state index in [1.807, 2.05) is 6.07 Å². The maximum atomic E-state index is 12.8. The van der Waals surface area contributed by atoms with Crippen LogP contribution in [-0.2, 0) is 4.79 Å². The molecule has 7 nitrogen and oxygen atoms in total. The number of likely N-dealkylation sites (tertiary alicyclic amines) is 1. The van der Waals surface area contributed by atoms with Gasteiger partial charge in [0.2, 0.25) is 5.91 Å². The van der Waals surface area contributed by atoms with E-state index in [0.29, 0.717) is 46.4 Å². The molecule has 0 aliphatic carbocycles. The molecule has 1 N–H and O–H groups in total. The van der Waals surface area contributed by atoms with Gasteiger partial charge in [0, 0.05) is 30.6 Å². The highest BCUT2D eigenvalue weighted by molar-refractivity contribution is 6.31. The van der Waals surface area contributed by atoms with E-state index in [1.54, 1.807) is 41.3 Å². The Hall–Kier alpha value is -3.24. The zero-order valence-electron chi connectivity index (χ0n) is 17.3. The summed E-state index contributed by atoms with van der Waals surface area (Å²) in [6, 6.07) is 11.9. The van der Waals surface area contributed by atoms with Crippen LogP contribution in [0.3, 0.4) is 0 Å². The molecule has 1 aliphatic rings. The number of nitrogens with zero attached hydrogens (tertiary/aromatic N) is 2. The molecule has 162 valence electrons. The van der Waals surface area contributed by atoms with Crippen molar-refractivity contribution in [1.82, 2.24) is 4.90 Å². The van der Waals surface area contributed by atoms with Crippen LogP contribution in [0.15, 0.2) is 36.4 Å². The summed E-state index contributed by atoms with van der Waals surface area (Å²) in [6.07, 6.45) is 2.66. The fourth-order valence-electron chi connectivity index (χ4n) is 3.38. The van der Waals surface area contributed by atoms with Gasteiger partial charge in [-0.05, 0) is 49.6 Å². The molecule has 0 bridgehead atoms. The average Bonchev–Trinajstić information content (AvgIpc) is 3.31. The number of anilines is 1. The van der Waals surface area contributed by atoms with E-state index in [4.69, 9.17) is 26.3 Å². The third-order valence-corrected chi connectivity index (χ3v) is 5.21. The fourth-order valence-corrected chi connectivity index (χ4v) is 3.55. The number of rotatable bonds is 8. The molecule has 1 fully saturated rings. The van der Waals surface area contributed by atoms with Crippen molar-refractivity contribution < 1.29 is 19.1 Å². The van der Waals surface area contributed by atoms with Gasteiger partial charge in [0.25, 0.3) is 5.91 Å². The molecule has 31 heavy (non-hydrogen) atoms. The Kier molecular flexibility index (Phi) is 7.74. The van der Waals surface area contributed by atoms with Crippen molar-refractivity contribution in [1.29, 1.82) is 5.26 Å². The number of carbonyl (C=O) groups excluding carboxylic acids is 2. The van der Waals surface area contributed by atoms with Crippen molar-refractivity contribution in [3.63, 3.8) is 0 Å². The minimum absolute atomic E-state index is 0.0966. The second kappa shape index (κ2) is 10.7. The monoisotopic (exact) mass is 441 g/mol. The van der Waals surface area contributed by atoms with Crippen LogP contribution in [0.4, 0.5) is 5.69 Å². The summed E-state index contributed by atoms with van der Waals surface area (Å²) in [7, 11) is 1.50. The number of hydrogen-bond donors (Lipinski definition) is 1. The number of ether oxygens (including phenoxy) is 2. The van der Waals surface area contributed by atoms with Gasteiger partial charge in [0.1, 0.15) is 0 Å². The summed E-state index contributed by atoms with van der Waals surface area (Å²) in [5.74, 6) is 0.650. The minimum atomic E-state index is -0.229. The summed E-state index contributed by atoms with van der Waals surface area (Å²) >= 11 is 6.08. The molecule has 0 atom stereocenters. The number of nitrogens with one attached hydrogen (secondary N) is 1. The van der Waals surface area contributed by atoms with Crippen LogP contribution in [0, 0.1) is 11.3 Å². The molecule has 1 aliphatic heterocycles. The molecule has 2 aromatic carbocycles. The van der Waals surface area contributed by atoms with Gasteiger partial charge >= 0.3 is 0 Å². The molecular weight excluding hydrogens is 418 g/mol. The molecule has 0 radical (unpaired) electrons. The van der Waals surface area contributed by atoms with Crippen molar-refractivity contribution in [2.24, 2.45) is 0 Å². The maximum Gasteiger partial charge on any atom is 0.255 e. The Bertz CT molecular complexity index is 997. The minimum Gasteiger partial charge on any atom is -0.493 e. The molecule has 0 unspecified atom stereocenters. The summed E-state index contributed by atoms with van der Waals surface area (Å²) in [5.41, 5.74) is 1.34. The summed E-state index contributed by atoms with van der Waals surface area (Å²) in [6.45, 7) is 1.75. The van der Waals surface area contributed by atoms with E-state index in [2.05, 4.69) is 5.32 Å². The number of carbonyl (C=O) groups is 2. The first-order chi connectivity index (χ1) is 15.0. The van der Waals surface area contributed by atoms with Crippen molar-refractivity contribution in [3.8, 4) is 17.6 Å². The molecule has 1 saturated heterocycles. The van der Waals surface area contributed by atoms with Crippen LogP contribution in [0.2, 0.25) is 5.02 Å². The van der Waals surface area contributed by atoms with Gasteiger partial charge in [-0.1, -0.05) is 11.6 Å². The quantitative estimate of drug-likeness (QED) is 0.618. The van der Waals surface area contributed by atoms with Crippen LogP contribution >= 0.6 is 11.6 Å². The van der Waals surface area contributed by atoms with Crippen molar-refractivity contribution >= 4 is 29.1 Å². The lowest BCUT2D eigenvalue weighted by atomic mass is 10.1. The third kappa shape index (κ3) is 5.89. The third-order valence-electron chi connectivity index (χ3n) is 4.98. The molecular formula is C23H24ClN3O4. The van der Waals surface area contributed by atoms with Gasteiger partial charge in [-0.3, -0.25) is 9.59 Å². The Morgan fingerprint density at radius 3 is 2.65 bits per heavy atom. The van der Waals surface area contributed by atoms with E-state index < -0.39 is 0 Å². The Morgan fingerprint density at radius 1 is 1.16 bits per heavy atom. The van der Waals surface area contributed by atoms with Gasteiger partial charge in [-0.25, -0.2) is 0 Å². The second-order valence-electron chi connectivity index (χ2n) is 7.17. The van der Waals surface area contributed by atoms with Crippen LogP contribution in [0.1, 0.15) is 41.6 Å². The van der Waals surface area contributed by atoms with Gasteiger partial charge in [0.05, 0.1) is 36.6 Å². The average molecular weight is 442 g/mol. The molecule has 8 heteroatoms. The lowest BCUT2D eigenvalue weighted by Crippen LogP contribution is -2.28. The Morgan fingerprint density at radius 2 is 1.94 bits per heavy atom. The molecule has 3 rings (SSSR count). The highest BCUT2D eigenvalue weighted by Gasteiger charge is 2.22. The van der Waals surface area contributed by atoms with E-state index in [9.17, 15) is 9.59 Å². The highest BCUT2D eigenvalue weighted by Crippen LogP contribution is 2.28. The lowest BCUT2D eigenvalue weighted by molar-refractivity contribution is -0.116. The lowest BCUT2D eigenvalue weighted by Gasteiger charge is -2.18. The zero-order valence-corrected chi connectivity index (χ0v) is 18.1. The van der Waals surface area contributed by atoms with Crippen molar-refractivity contribution in [2.45, 2.75) is 25.7 Å². The predicted octanol–water partition coefficient (Wildman–Crippen LogP) is 4.25. The number of nitriles is 1. The van der Waals surface area contributed by atoms with Crippen molar-refractivity contribution in [2.75, 3.05) is 32.1 Å². The van der Waals surface area contributed by atoms with Crippen LogP contribution in [-0.4, -0.2) is 43.5 Å². The Balaban J connectivity index is 1.55. The molecule has 0 saturated carbocycles. The number of amides is 2. The molecule has 2 amide bonds. The van der Waals surface area contributed by atoms with E-state index >= 15 is 0 Å². The van der Waals surface area contributed by atoms with Gasteiger partial charge in [0.15, 0.2) is 11.5 Å². The number of halogens is 1. The summed E-state index contributed by atoms with van der Waals surface area (Å²) in [4.78, 5) is 27.0. The number of methoxy groups -OCH3 is 1. The first-order valence-corrected chi connectivity index (χ1v) is 10.5. The predicted molar refractivity (Wildman–Crippen MR) is 118 cm³/mol. The second-order valence-corrected chi connectivity index (χ2v) is 7.60. The maximum absolute atomic E-state index is 12.8. The summed E-state index contributed by atoms with van der Waals surface area (Å²) in [5, 5.41) is 12.2. The van der Waals surface area contributed by atoms with Gasteiger partial charge in [-0.15, -0.1) is 0 Å². The van der Waals surface area contributed by atoms with Gasteiger partial charge in [-0.2, -0.15) is 5.26 Å². The van der Waals surface area contributed by atoms with Gasteiger partial charge < -0.3 is 19.7 Å². The smallest absolute Gasteiger partial charge is 0.255 e. The molecule has 2 aromatic rings. The standard InChI is InChI=1S/C23H24ClN3O4/c1-30-21-13-16(15-25)6-9-20(21)31-12-4-5-22(28)26-19-14-17(24)7-8-18(19)23(29)27-10-2-3-11-27/h6-9,13-14H,2-5,10-12H2,1H3,(H,26,28). The van der Waals surface area contributed by atoms with E-state index in [-0.39, 0.29) is 18.2 Å².